The van der Waals surface area contributed by atoms with Crippen molar-refractivity contribution in [3.05, 3.63) is 45.5 Å². The van der Waals surface area contributed by atoms with Crippen LogP contribution >= 0.6 is 27.5 Å². The number of nitrogen functional groups attached to an aromatic ring is 1. The van der Waals surface area contributed by atoms with Gasteiger partial charge in [-0.05, 0) is 31.2 Å². The lowest BCUT2D eigenvalue weighted by atomic mass is 10.2. The second-order valence-corrected chi connectivity index (χ2v) is 5.45. The molecule has 0 spiro atoms. The van der Waals surface area contributed by atoms with E-state index >= 15 is 0 Å². The van der Waals surface area contributed by atoms with E-state index < -0.39 is 5.97 Å². The van der Waals surface area contributed by atoms with E-state index in [1.165, 1.54) is 12.3 Å². The Morgan fingerprint density at radius 3 is 2.95 bits per heavy atom. The Hall–Kier alpha value is -1.79. The van der Waals surface area contributed by atoms with Crippen LogP contribution < -0.4 is 11.1 Å². The van der Waals surface area contributed by atoms with Crippen LogP contribution in [0.15, 0.2) is 34.9 Å². The Kier molecular flexibility index (Phi) is 5.03. The van der Waals surface area contributed by atoms with Crippen molar-refractivity contribution in [1.29, 1.82) is 0 Å². The number of pyridine rings is 1. The van der Waals surface area contributed by atoms with Crippen LogP contribution in [0.5, 0.6) is 0 Å². The molecule has 2 aromatic rings. The molecule has 0 aliphatic rings. The maximum Gasteiger partial charge on any atom is 0.340 e. The summed E-state index contributed by atoms with van der Waals surface area (Å²) in [6.07, 6.45) is 1.40. The molecule has 0 aliphatic heterocycles. The minimum Gasteiger partial charge on any atom is -0.462 e. The highest BCUT2D eigenvalue weighted by atomic mass is 79.9. The van der Waals surface area contributed by atoms with Crippen molar-refractivity contribution >= 4 is 50.7 Å². The summed E-state index contributed by atoms with van der Waals surface area (Å²) in [5.74, 6) is -0.0342. The third kappa shape index (κ3) is 3.86. The standard InChI is InChI=1S/C14H13BrClN3O2/c1-2-21-14(20)9-6-13(18-7-11(9)17)19-12-5-8(15)3-4-10(12)16/h3-7H,2,17H2,1H3,(H,18,19). The van der Waals surface area contributed by atoms with E-state index in [1.54, 1.807) is 13.0 Å². The van der Waals surface area contributed by atoms with Crippen molar-refractivity contribution < 1.29 is 9.53 Å². The van der Waals surface area contributed by atoms with Gasteiger partial charge >= 0.3 is 5.97 Å². The van der Waals surface area contributed by atoms with Gasteiger partial charge in [0.1, 0.15) is 5.82 Å². The zero-order valence-corrected chi connectivity index (χ0v) is 13.5. The molecule has 1 heterocycles. The molecule has 1 aromatic heterocycles. The highest BCUT2D eigenvalue weighted by molar-refractivity contribution is 9.10. The third-order valence-electron chi connectivity index (χ3n) is 2.62. The second kappa shape index (κ2) is 6.78. The summed E-state index contributed by atoms with van der Waals surface area (Å²) < 4.78 is 5.82. The van der Waals surface area contributed by atoms with Gasteiger partial charge in [0.15, 0.2) is 0 Å². The normalized spacial score (nSPS) is 10.2. The van der Waals surface area contributed by atoms with Crippen molar-refractivity contribution in [2.24, 2.45) is 0 Å². The molecule has 0 amide bonds. The highest BCUT2D eigenvalue weighted by Gasteiger charge is 2.13. The first-order chi connectivity index (χ1) is 10.0. The lowest BCUT2D eigenvalue weighted by Crippen LogP contribution is -2.09. The smallest absolute Gasteiger partial charge is 0.340 e. The molecule has 0 saturated carbocycles. The van der Waals surface area contributed by atoms with Crippen LogP contribution in [0.25, 0.3) is 0 Å². The average Bonchev–Trinajstić information content (AvgIpc) is 2.45. The summed E-state index contributed by atoms with van der Waals surface area (Å²) in [6, 6.07) is 6.92. The van der Waals surface area contributed by atoms with E-state index in [0.29, 0.717) is 16.5 Å². The number of carbonyl (C=O) groups excluding carboxylic acids is 1. The van der Waals surface area contributed by atoms with Crippen LogP contribution in [-0.2, 0) is 4.74 Å². The number of nitrogens with zero attached hydrogens (tertiary/aromatic N) is 1. The molecule has 5 nitrogen and oxygen atoms in total. The lowest BCUT2D eigenvalue weighted by molar-refractivity contribution is 0.0527. The van der Waals surface area contributed by atoms with E-state index in [0.717, 1.165) is 4.47 Å². The van der Waals surface area contributed by atoms with Gasteiger partial charge in [-0.15, -0.1) is 0 Å². The highest BCUT2D eigenvalue weighted by Crippen LogP contribution is 2.28. The van der Waals surface area contributed by atoms with Crippen molar-refractivity contribution in [1.82, 2.24) is 4.98 Å². The second-order valence-electron chi connectivity index (χ2n) is 4.13. The molecule has 21 heavy (non-hydrogen) atoms. The first-order valence-electron chi connectivity index (χ1n) is 6.16. The summed E-state index contributed by atoms with van der Waals surface area (Å²) in [5.41, 5.74) is 6.94. The van der Waals surface area contributed by atoms with E-state index in [2.05, 4.69) is 26.2 Å². The molecule has 0 bridgehead atoms. The fourth-order valence-corrected chi connectivity index (χ4v) is 2.18. The van der Waals surface area contributed by atoms with Gasteiger partial charge in [-0.25, -0.2) is 9.78 Å². The van der Waals surface area contributed by atoms with Crippen LogP contribution in [0.4, 0.5) is 17.2 Å². The minimum atomic E-state index is -0.485. The Morgan fingerprint density at radius 2 is 2.24 bits per heavy atom. The maximum absolute atomic E-state index is 11.8. The van der Waals surface area contributed by atoms with Crippen LogP contribution in [0.3, 0.4) is 0 Å². The van der Waals surface area contributed by atoms with Gasteiger partial charge in [0, 0.05) is 4.47 Å². The fraction of sp³-hybridized carbons (Fsp3) is 0.143. The van der Waals surface area contributed by atoms with Gasteiger partial charge in [0.2, 0.25) is 0 Å². The summed E-state index contributed by atoms with van der Waals surface area (Å²) in [5, 5.41) is 3.58. The predicted octanol–water partition coefficient (Wildman–Crippen LogP) is 4.00. The number of hydrogen-bond acceptors (Lipinski definition) is 5. The number of halogens is 2. The van der Waals surface area contributed by atoms with E-state index in [9.17, 15) is 4.79 Å². The van der Waals surface area contributed by atoms with Crippen LogP contribution in [0.1, 0.15) is 17.3 Å². The molecule has 0 unspecified atom stereocenters. The molecule has 0 radical (unpaired) electrons. The number of nitrogens with two attached hydrogens (primary N) is 1. The topological polar surface area (TPSA) is 77.2 Å². The van der Waals surface area contributed by atoms with Crippen molar-refractivity contribution in [3.8, 4) is 0 Å². The zero-order chi connectivity index (χ0) is 15.4. The maximum atomic E-state index is 11.8. The van der Waals surface area contributed by atoms with Gasteiger partial charge in [0.25, 0.3) is 0 Å². The van der Waals surface area contributed by atoms with Crippen LogP contribution in [-0.4, -0.2) is 17.6 Å². The molecule has 0 aliphatic carbocycles. The quantitative estimate of drug-likeness (QED) is 0.795. The summed E-state index contributed by atoms with van der Waals surface area (Å²) in [4.78, 5) is 15.9. The van der Waals surface area contributed by atoms with Gasteiger partial charge in [-0.2, -0.15) is 0 Å². The third-order valence-corrected chi connectivity index (χ3v) is 3.44. The fourth-order valence-electron chi connectivity index (χ4n) is 1.65. The SMILES string of the molecule is CCOC(=O)c1cc(Nc2cc(Br)ccc2Cl)ncc1N. The monoisotopic (exact) mass is 369 g/mol. The molecule has 1 aromatic carbocycles. The number of carbonyl (C=O) groups is 1. The van der Waals surface area contributed by atoms with Crippen LogP contribution in [0.2, 0.25) is 5.02 Å². The number of ether oxygens (including phenoxy) is 1. The average molecular weight is 371 g/mol. The molecular weight excluding hydrogens is 358 g/mol. The van der Waals surface area contributed by atoms with E-state index in [-0.39, 0.29) is 17.9 Å². The Morgan fingerprint density at radius 1 is 1.48 bits per heavy atom. The summed E-state index contributed by atoms with van der Waals surface area (Å²) >= 11 is 9.47. The lowest BCUT2D eigenvalue weighted by Gasteiger charge is -2.10. The molecule has 7 heteroatoms. The number of benzene rings is 1. The van der Waals surface area contributed by atoms with Gasteiger partial charge in [0.05, 0.1) is 34.8 Å². The number of nitrogens with one attached hydrogen (secondary N) is 1. The Bertz CT molecular complexity index is 679. The Labute approximate surface area is 135 Å². The molecule has 0 fully saturated rings. The molecular formula is C14H13BrClN3O2. The molecule has 0 saturated heterocycles. The van der Waals surface area contributed by atoms with Gasteiger partial charge < -0.3 is 15.8 Å². The molecule has 110 valence electrons. The molecule has 0 atom stereocenters. The molecule has 2 rings (SSSR count). The zero-order valence-electron chi connectivity index (χ0n) is 11.2. The number of aromatic nitrogens is 1. The summed E-state index contributed by atoms with van der Waals surface area (Å²) in [6.45, 7) is 2.01. The summed E-state index contributed by atoms with van der Waals surface area (Å²) in [7, 11) is 0. The predicted molar refractivity (Wildman–Crippen MR) is 87.0 cm³/mol. The number of anilines is 3. The molecule has 3 N–H and O–H groups in total. The largest absolute Gasteiger partial charge is 0.462 e. The van der Waals surface area contributed by atoms with Crippen molar-refractivity contribution in [3.63, 3.8) is 0 Å². The number of esters is 1. The number of rotatable bonds is 4. The first kappa shape index (κ1) is 15.6. The first-order valence-corrected chi connectivity index (χ1v) is 7.33. The van der Waals surface area contributed by atoms with E-state index in [1.807, 2.05) is 12.1 Å². The van der Waals surface area contributed by atoms with Crippen LogP contribution in [0, 0.1) is 0 Å². The van der Waals surface area contributed by atoms with Crippen molar-refractivity contribution in [2.75, 3.05) is 17.7 Å². The minimum absolute atomic E-state index is 0.263. The Balaban J connectivity index is 2.31. The van der Waals surface area contributed by atoms with Crippen molar-refractivity contribution in [2.45, 2.75) is 6.92 Å². The van der Waals surface area contributed by atoms with Gasteiger partial charge in [-0.1, -0.05) is 27.5 Å². The number of hydrogen-bond donors (Lipinski definition) is 2. The van der Waals surface area contributed by atoms with Gasteiger partial charge in [-0.3, -0.25) is 0 Å². The van der Waals surface area contributed by atoms with E-state index in [4.69, 9.17) is 22.1 Å².